The lowest BCUT2D eigenvalue weighted by Gasteiger charge is -2.29. The number of likely N-dealkylation sites (tertiary alicyclic amines) is 1. The summed E-state index contributed by atoms with van der Waals surface area (Å²) < 4.78 is 11.6. The summed E-state index contributed by atoms with van der Waals surface area (Å²) >= 11 is 0. The van der Waals surface area contributed by atoms with Crippen LogP contribution >= 0.6 is 0 Å². The van der Waals surface area contributed by atoms with Crippen molar-refractivity contribution in [1.29, 1.82) is 0 Å². The molecule has 7 rings (SSSR count). The molecule has 1 unspecified atom stereocenters. The molecule has 0 bridgehead atoms. The fourth-order valence-electron chi connectivity index (χ4n) is 6.50. The van der Waals surface area contributed by atoms with Gasteiger partial charge in [0.05, 0.1) is 5.52 Å². The van der Waals surface area contributed by atoms with Crippen LogP contribution in [0.3, 0.4) is 0 Å². The fraction of sp³-hybridized carbons (Fsp3) is 0.406. The van der Waals surface area contributed by atoms with Crippen molar-refractivity contribution in [2.24, 2.45) is 0 Å². The Morgan fingerprint density at radius 2 is 1.81 bits per heavy atom. The molecule has 10 nitrogen and oxygen atoms in total. The summed E-state index contributed by atoms with van der Waals surface area (Å²) in [6, 6.07) is 14.9. The highest BCUT2D eigenvalue weighted by Crippen LogP contribution is 2.32. The van der Waals surface area contributed by atoms with Crippen molar-refractivity contribution in [2.45, 2.75) is 63.3 Å². The smallest absolute Gasteiger partial charge is 0.264 e. The maximum atomic E-state index is 13.2. The predicted molar refractivity (Wildman–Crippen MR) is 151 cm³/mol. The molecule has 4 aliphatic rings. The number of piperidine rings is 1. The lowest BCUT2D eigenvalue weighted by atomic mass is 9.95. The monoisotopic (exact) mass is 568 g/mol. The Bertz CT molecular complexity index is 1600. The second-order valence-electron chi connectivity index (χ2n) is 11.5. The van der Waals surface area contributed by atoms with E-state index in [1.54, 1.807) is 18.2 Å². The molecule has 3 aromatic rings. The Morgan fingerprint density at radius 1 is 0.952 bits per heavy atom. The topological polar surface area (TPSA) is 118 Å². The molecule has 0 saturated carbocycles. The highest BCUT2D eigenvalue weighted by Gasteiger charge is 2.39. The molecule has 2 atom stereocenters. The van der Waals surface area contributed by atoms with Crippen LogP contribution in [0.5, 0.6) is 5.75 Å². The molecule has 2 aromatic carbocycles. The summed E-state index contributed by atoms with van der Waals surface area (Å²) in [6.07, 6.45) is 2.49. The zero-order valence-electron chi connectivity index (χ0n) is 23.2. The number of pyridine rings is 1. The Morgan fingerprint density at radius 3 is 2.64 bits per heavy atom. The molecule has 42 heavy (non-hydrogen) atoms. The number of imide groups is 1. The van der Waals surface area contributed by atoms with Crippen LogP contribution in [0.1, 0.15) is 65.2 Å². The van der Waals surface area contributed by atoms with Crippen LogP contribution < -0.4 is 10.1 Å². The van der Waals surface area contributed by atoms with E-state index < -0.39 is 18.1 Å². The first-order valence-corrected chi connectivity index (χ1v) is 14.6. The minimum Gasteiger partial charge on any atom is -0.481 e. The molecule has 3 fully saturated rings. The SMILES string of the molecule is O=C1CCC(N2Cc3cc(O[C@H]4CCN(Cc5ccc6nc(C7CCOCC7)ccc6c5)C4=O)ccc3C2=O)C(=O)N1. The van der Waals surface area contributed by atoms with Crippen LogP contribution in [0.2, 0.25) is 0 Å². The van der Waals surface area contributed by atoms with Crippen molar-refractivity contribution < 1.29 is 28.7 Å². The maximum Gasteiger partial charge on any atom is 0.264 e. The van der Waals surface area contributed by atoms with Crippen LogP contribution in [0.4, 0.5) is 0 Å². The van der Waals surface area contributed by atoms with Crippen molar-refractivity contribution in [1.82, 2.24) is 20.1 Å². The highest BCUT2D eigenvalue weighted by atomic mass is 16.5. The van der Waals surface area contributed by atoms with E-state index in [1.165, 1.54) is 4.90 Å². The van der Waals surface area contributed by atoms with Crippen molar-refractivity contribution >= 4 is 34.5 Å². The summed E-state index contributed by atoms with van der Waals surface area (Å²) in [5, 5.41) is 3.37. The number of hydrogen-bond donors (Lipinski definition) is 1. The summed E-state index contributed by atoms with van der Waals surface area (Å²) in [5.41, 5.74) is 4.38. The van der Waals surface area contributed by atoms with E-state index in [2.05, 4.69) is 23.5 Å². The van der Waals surface area contributed by atoms with E-state index in [0.717, 1.165) is 53.8 Å². The molecule has 1 N–H and O–H groups in total. The van der Waals surface area contributed by atoms with Gasteiger partial charge in [0.2, 0.25) is 11.8 Å². The van der Waals surface area contributed by atoms with Gasteiger partial charge >= 0.3 is 0 Å². The molecule has 216 valence electrons. The van der Waals surface area contributed by atoms with Crippen molar-refractivity contribution in [3.8, 4) is 5.75 Å². The van der Waals surface area contributed by atoms with Crippen molar-refractivity contribution in [3.63, 3.8) is 0 Å². The third-order valence-electron chi connectivity index (χ3n) is 8.81. The average Bonchev–Trinajstić information content (AvgIpc) is 3.51. The number of nitrogens with one attached hydrogen (secondary N) is 1. The quantitative estimate of drug-likeness (QED) is 0.454. The number of aromatic nitrogens is 1. The number of nitrogens with zero attached hydrogens (tertiary/aromatic N) is 3. The van der Waals surface area contributed by atoms with Crippen LogP contribution in [0.15, 0.2) is 48.5 Å². The third kappa shape index (κ3) is 5.00. The van der Waals surface area contributed by atoms with Crippen molar-refractivity contribution in [3.05, 3.63) is 70.9 Å². The van der Waals surface area contributed by atoms with Gasteiger partial charge in [-0.1, -0.05) is 12.1 Å². The molecule has 0 aliphatic carbocycles. The van der Waals surface area contributed by atoms with Crippen LogP contribution in [0, 0.1) is 0 Å². The van der Waals surface area contributed by atoms with Crippen LogP contribution in [0.25, 0.3) is 10.9 Å². The summed E-state index contributed by atoms with van der Waals surface area (Å²) in [6.45, 7) is 2.92. The first kappa shape index (κ1) is 26.6. The number of hydrogen-bond acceptors (Lipinski definition) is 7. The number of benzene rings is 2. The van der Waals surface area contributed by atoms with E-state index in [-0.39, 0.29) is 30.7 Å². The Balaban J connectivity index is 0.988. The summed E-state index contributed by atoms with van der Waals surface area (Å²) in [7, 11) is 0. The number of ether oxygens (including phenoxy) is 2. The van der Waals surface area contributed by atoms with E-state index >= 15 is 0 Å². The van der Waals surface area contributed by atoms with Crippen LogP contribution in [-0.2, 0) is 32.2 Å². The van der Waals surface area contributed by atoms with Gasteiger partial charge in [-0.2, -0.15) is 0 Å². The van der Waals surface area contributed by atoms with Crippen LogP contribution in [-0.4, -0.2) is 70.3 Å². The third-order valence-corrected chi connectivity index (χ3v) is 8.81. The molecule has 10 heteroatoms. The van der Waals surface area contributed by atoms with Gasteiger partial charge in [0.15, 0.2) is 6.10 Å². The van der Waals surface area contributed by atoms with E-state index in [4.69, 9.17) is 14.5 Å². The summed E-state index contributed by atoms with van der Waals surface area (Å²) in [4.78, 5) is 58.3. The molecule has 4 aliphatic heterocycles. The largest absolute Gasteiger partial charge is 0.481 e. The van der Waals surface area contributed by atoms with Gasteiger partial charge in [-0.05, 0) is 66.8 Å². The minimum absolute atomic E-state index is 0.0650. The van der Waals surface area contributed by atoms with Gasteiger partial charge in [-0.25, -0.2) is 0 Å². The number of fused-ring (bicyclic) bond motifs is 2. The van der Waals surface area contributed by atoms with E-state index in [1.807, 2.05) is 17.0 Å². The predicted octanol–water partition coefficient (Wildman–Crippen LogP) is 3.07. The standard InChI is InChI=1S/C32H32N4O6/c37-29-8-7-27(30(38)34-29)36-18-22-16-23(3-4-24(22)31(36)39)42-28-9-12-35(32(28)40)17-19-1-5-26-21(15-19)2-6-25(33-26)20-10-13-41-14-11-20/h1-6,15-16,20,27-28H,7-14,17-18H2,(H,34,37,38)/t27?,28-/m0/s1. The van der Waals surface area contributed by atoms with Gasteiger partial charge < -0.3 is 19.3 Å². The Hall–Kier alpha value is -4.31. The second-order valence-corrected chi connectivity index (χ2v) is 11.5. The Kier molecular flexibility index (Phi) is 6.85. The minimum atomic E-state index is -0.670. The average molecular weight is 569 g/mol. The lowest BCUT2D eigenvalue weighted by molar-refractivity contribution is -0.137. The number of carbonyl (C=O) groups excluding carboxylic acids is 4. The van der Waals surface area contributed by atoms with Gasteiger partial charge in [0.1, 0.15) is 11.8 Å². The molecule has 1 aromatic heterocycles. The molecular weight excluding hydrogens is 536 g/mol. The van der Waals surface area contributed by atoms with Gasteiger partial charge in [0, 0.05) is 68.3 Å². The van der Waals surface area contributed by atoms with Crippen molar-refractivity contribution in [2.75, 3.05) is 19.8 Å². The second kappa shape index (κ2) is 10.8. The fourth-order valence-corrected chi connectivity index (χ4v) is 6.50. The zero-order chi connectivity index (χ0) is 28.8. The van der Waals surface area contributed by atoms with Gasteiger partial charge in [-0.3, -0.25) is 29.5 Å². The molecule has 3 saturated heterocycles. The molecule has 0 radical (unpaired) electrons. The van der Waals surface area contributed by atoms with Gasteiger partial charge in [-0.15, -0.1) is 0 Å². The molecule has 0 spiro atoms. The Labute approximate surface area is 243 Å². The highest BCUT2D eigenvalue weighted by molar-refractivity contribution is 6.05. The first-order valence-electron chi connectivity index (χ1n) is 14.6. The number of carbonyl (C=O) groups is 4. The zero-order valence-corrected chi connectivity index (χ0v) is 23.2. The number of amides is 4. The molecule has 4 amide bonds. The van der Waals surface area contributed by atoms with Gasteiger partial charge in [0.25, 0.3) is 11.8 Å². The molecule has 5 heterocycles. The number of rotatable bonds is 6. The first-order chi connectivity index (χ1) is 20.4. The molecular formula is C32H32N4O6. The van der Waals surface area contributed by atoms with E-state index in [9.17, 15) is 19.2 Å². The maximum absolute atomic E-state index is 13.2. The lowest BCUT2D eigenvalue weighted by Crippen LogP contribution is -2.52. The summed E-state index contributed by atoms with van der Waals surface area (Å²) in [5.74, 6) is -0.0996. The van der Waals surface area contributed by atoms with E-state index in [0.29, 0.717) is 43.2 Å². The normalized spacial score (nSPS) is 23.0.